The smallest absolute Gasteiger partial charge is 0.240 e. The van der Waals surface area contributed by atoms with E-state index in [9.17, 15) is 14.7 Å². The van der Waals surface area contributed by atoms with E-state index in [1.165, 1.54) is 0 Å². The van der Waals surface area contributed by atoms with Crippen molar-refractivity contribution < 1.29 is 14.7 Å². The molecule has 2 amide bonds. The predicted molar refractivity (Wildman–Crippen MR) is 95.7 cm³/mol. The summed E-state index contributed by atoms with van der Waals surface area (Å²) >= 11 is 0. The van der Waals surface area contributed by atoms with Gasteiger partial charge in [-0.05, 0) is 44.0 Å². The van der Waals surface area contributed by atoms with E-state index in [4.69, 9.17) is 17.2 Å². The minimum atomic E-state index is -0.794. The number of likely N-dealkylation sites (N-methyl/N-ethyl adjacent to an activating group) is 1. The maximum absolute atomic E-state index is 12.4. The molecule has 0 spiro atoms. The summed E-state index contributed by atoms with van der Waals surface area (Å²) in [6, 6.07) is 5.23. The highest BCUT2D eigenvalue weighted by Gasteiger charge is 2.23. The summed E-state index contributed by atoms with van der Waals surface area (Å²) in [5.74, 6) is -0.814. The van der Waals surface area contributed by atoms with Gasteiger partial charge < -0.3 is 32.9 Å². The molecule has 0 saturated carbocycles. The lowest BCUT2D eigenvalue weighted by Crippen LogP contribution is -2.51. The van der Waals surface area contributed by atoms with Crippen molar-refractivity contribution in [2.75, 3.05) is 13.6 Å². The molecule has 9 heteroatoms. The third-order valence-electron chi connectivity index (χ3n) is 3.65. The van der Waals surface area contributed by atoms with Crippen LogP contribution >= 0.6 is 0 Å². The van der Waals surface area contributed by atoms with Gasteiger partial charge in [0.05, 0.1) is 6.04 Å². The molecule has 0 aromatic heterocycles. The number of phenolic OH excluding ortho intramolecular Hbond substituents is 1. The molecule has 0 heterocycles. The number of benzene rings is 1. The molecule has 25 heavy (non-hydrogen) atoms. The van der Waals surface area contributed by atoms with Crippen LogP contribution in [0.3, 0.4) is 0 Å². The molecule has 1 aromatic rings. The molecule has 2 atom stereocenters. The number of rotatable bonds is 10. The predicted octanol–water partition coefficient (Wildman–Crippen LogP) is -1.45. The molecule has 0 unspecified atom stereocenters. The number of guanidine groups is 1. The molecule has 138 valence electrons. The molecule has 0 fully saturated rings. The molecular formula is C16H26N6O3. The molecule has 9 N–H and O–H groups in total. The van der Waals surface area contributed by atoms with Gasteiger partial charge in [-0.25, -0.2) is 0 Å². The van der Waals surface area contributed by atoms with Crippen LogP contribution in [0.1, 0.15) is 18.4 Å². The van der Waals surface area contributed by atoms with Gasteiger partial charge in [0.1, 0.15) is 11.8 Å². The summed E-state index contributed by atoms with van der Waals surface area (Å²) in [5, 5.41) is 14.9. The number of phenols is 1. The van der Waals surface area contributed by atoms with Crippen molar-refractivity contribution in [2.45, 2.75) is 31.3 Å². The number of hydrogen-bond donors (Lipinski definition) is 6. The van der Waals surface area contributed by atoms with E-state index >= 15 is 0 Å². The third-order valence-corrected chi connectivity index (χ3v) is 3.65. The SMILES string of the molecule is CN[C@H](Cc1ccc(O)cc1)C(=O)N[C@H](CCCN=C(N)N)C(N)=O. The zero-order valence-corrected chi connectivity index (χ0v) is 14.2. The minimum absolute atomic E-state index is 0.0243. The number of nitrogens with zero attached hydrogens (tertiary/aromatic N) is 1. The van der Waals surface area contributed by atoms with Gasteiger partial charge in [0, 0.05) is 6.54 Å². The van der Waals surface area contributed by atoms with Crippen molar-refractivity contribution in [3.05, 3.63) is 29.8 Å². The lowest BCUT2D eigenvalue weighted by Gasteiger charge is -2.20. The number of hydrogen-bond acceptors (Lipinski definition) is 5. The van der Waals surface area contributed by atoms with Gasteiger partial charge in [0.25, 0.3) is 0 Å². The van der Waals surface area contributed by atoms with Crippen molar-refractivity contribution >= 4 is 17.8 Å². The van der Waals surface area contributed by atoms with Crippen molar-refractivity contribution in [1.29, 1.82) is 0 Å². The Bertz CT molecular complexity index is 598. The number of primary amides is 1. The number of aromatic hydroxyl groups is 1. The second-order valence-electron chi connectivity index (χ2n) is 5.62. The Hall–Kier alpha value is -2.81. The van der Waals surface area contributed by atoms with Crippen LogP contribution in [0, 0.1) is 0 Å². The van der Waals surface area contributed by atoms with E-state index in [2.05, 4.69) is 15.6 Å². The van der Waals surface area contributed by atoms with Crippen LogP contribution in [0.2, 0.25) is 0 Å². The fraction of sp³-hybridized carbons (Fsp3) is 0.438. The largest absolute Gasteiger partial charge is 0.508 e. The van der Waals surface area contributed by atoms with Gasteiger partial charge in [-0.2, -0.15) is 0 Å². The first-order valence-corrected chi connectivity index (χ1v) is 7.93. The van der Waals surface area contributed by atoms with Crippen LogP contribution in [-0.4, -0.2) is 48.6 Å². The number of nitrogens with two attached hydrogens (primary N) is 3. The standard InChI is InChI=1S/C16H26N6O3/c1-20-13(9-10-4-6-11(23)7-5-10)15(25)22-12(14(17)24)3-2-8-21-16(18)19/h4-7,12-13,20,23H,2-3,8-9H2,1H3,(H2,17,24)(H,22,25)(H4,18,19,21)/t12-,13-/m1/s1. The molecule has 0 aliphatic carbocycles. The first-order valence-electron chi connectivity index (χ1n) is 7.93. The molecule has 1 aromatic carbocycles. The second-order valence-corrected chi connectivity index (χ2v) is 5.62. The molecule has 0 bridgehead atoms. The van der Waals surface area contributed by atoms with Crippen LogP contribution in [0.4, 0.5) is 0 Å². The Kier molecular flexibility index (Phi) is 8.21. The Balaban J connectivity index is 2.61. The summed E-state index contributed by atoms with van der Waals surface area (Å²) in [4.78, 5) is 27.8. The summed E-state index contributed by atoms with van der Waals surface area (Å²) in [6.45, 7) is 0.352. The fourth-order valence-corrected chi connectivity index (χ4v) is 2.26. The van der Waals surface area contributed by atoms with E-state index in [0.29, 0.717) is 25.8 Å². The van der Waals surface area contributed by atoms with Crippen molar-refractivity contribution in [1.82, 2.24) is 10.6 Å². The maximum atomic E-state index is 12.4. The van der Waals surface area contributed by atoms with Crippen LogP contribution < -0.4 is 27.8 Å². The third kappa shape index (κ3) is 7.53. The number of nitrogens with one attached hydrogen (secondary N) is 2. The van der Waals surface area contributed by atoms with Crippen molar-refractivity contribution in [3.8, 4) is 5.75 Å². The molecule has 9 nitrogen and oxygen atoms in total. The van der Waals surface area contributed by atoms with E-state index in [1.807, 2.05) is 0 Å². The zero-order chi connectivity index (χ0) is 18.8. The normalized spacial score (nSPS) is 12.8. The monoisotopic (exact) mass is 350 g/mol. The van der Waals surface area contributed by atoms with Crippen LogP contribution in [-0.2, 0) is 16.0 Å². The highest BCUT2D eigenvalue weighted by Crippen LogP contribution is 2.11. The van der Waals surface area contributed by atoms with Crippen LogP contribution in [0.25, 0.3) is 0 Å². The highest BCUT2D eigenvalue weighted by atomic mass is 16.3. The van der Waals surface area contributed by atoms with Crippen molar-refractivity contribution in [2.24, 2.45) is 22.2 Å². The summed E-state index contributed by atoms with van der Waals surface area (Å²) in [7, 11) is 1.66. The Morgan fingerprint density at radius 3 is 2.32 bits per heavy atom. The van der Waals surface area contributed by atoms with Crippen molar-refractivity contribution in [3.63, 3.8) is 0 Å². The average molecular weight is 350 g/mol. The maximum Gasteiger partial charge on any atom is 0.240 e. The molecule has 0 aliphatic rings. The Morgan fingerprint density at radius 2 is 1.80 bits per heavy atom. The minimum Gasteiger partial charge on any atom is -0.508 e. The quantitative estimate of drug-likeness (QED) is 0.171. The first-order chi connectivity index (χ1) is 11.8. The van der Waals surface area contributed by atoms with Crippen LogP contribution in [0.5, 0.6) is 5.75 Å². The molecule has 0 radical (unpaired) electrons. The number of carbonyl (C=O) groups is 2. The molecular weight excluding hydrogens is 324 g/mol. The summed E-state index contributed by atoms with van der Waals surface area (Å²) in [6.07, 6.45) is 1.25. The lowest BCUT2D eigenvalue weighted by molar-refractivity contribution is -0.128. The van der Waals surface area contributed by atoms with Crippen LogP contribution in [0.15, 0.2) is 29.3 Å². The van der Waals surface area contributed by atoms with E-state index in [-0.39, 0.29) is 17.6 Å². The zero-order valence-electron chi connectivity index (χ0n) is 14.2. The Morgan fingerprint density at radius 1 is 1.16 bits per heavy atom. The number of carbonyl (C=O) groups excluding carboxylic acids is 2. The lowest BCUT2D eigenvalue weighted by atomic mass is 10.0. The fourth-order valence-electron chi connectivity index (χ4n) is 2.26. The van der Waals surface area contributed by atoms with Gasteiger partial charge in [-0.3, -0.25) is 14.6 Å². The van der Waals surface area contributed by atoms with Gasteiger partial charge in [0.15, 0.2) is 5.96 Å². The highest BCUT2D eigenvalue weighted by molar-refractivity contribution is 5.89. The van der Waals surface area contributed by atoms with Gasteiger partial charge in [0.2, 0.25) is 11.8 Å². The Labute approximate surface area is 146 Å². The van der Waals surface area contributed by atoms with Gasteiger partial charge in [-0.1, -0.05) is 12.1 Å². The molecule has 1 rings (SSSR count). The first kappa shape index (κ1) is 20.2. The summed E-state index contributed by atoms with van der Waals surface area (Å²) < 4.78 is 0. The molecule has 0 aliphatic heterocycles. The van der Waals surface area contributed by atoms with Gasteiger partial charge >= 0.3 is 0 Å². The topological polar surface area (TPSA) is 169 Å². The summed E-state index contributed by atoms with van der Waals surface area (Å²) in [5.41, 5.74) is 16.7. The van der Waals surface area contributed by atoms with E-state index < -0.39 is 18.0 Å². The average Bonchev–Trinajstić information content (AvgIpc) is 2.56. The number of aliphatic imine (C=N–C) groups is 1. The van der Waals surface area contributed by atoms with E-state index in [1.54, 1.807) is 31.3 Å². The number of amides is 2. The van der Waals surface area contributed by atoms with Gasteiger partial charge in [-0.15, -0.1) is 0 Å². The van der Waals surface area contributed by atoms with E-state index in [0.717, 1.165) is 5.56 Å². The second kappa shape index (κ2) is 10.1. The molecule has 0 saturated heterocycles.